The van der Waals surface area contributed by atoms with E-state index in [1.807, 2.05) is 0 Å². The van der Waals surface area contributed by atoms with Crippen molar-refractivity contribution < 1.29 is 9.90 Å². The summed E-state index contributed by atoms with van der Waals surface area (Å²) in [5, 5.41) is 12.7. The minimum absolute atomic E-state index is 0.337. The van der Waals surface area contributed by atoms with Crippen molar-refractivity contribution in [2.45, 2.75) is 6.10 Å². The first-order chi connectivity index (χ1) is 7.15. The smallest absolute Gasteiger partial charge is 0.253 e. The third-order valence-corrected chi connectivity index (χ3v) is 2.11. The van der Waals surface area contributed by atoms with Gasteiger partial charge in [-0.15, -0.1) is 6.58 Å². The van der Waals surface area contributed by atoms with Crippen LogP contribution in [0, 0.1) is 0 Å². The lowest BCUT2D eigenvalue weighted by atomic mass is 10.1. The number of benzene rings is 1. The Morgan fingerprint density at radius 3 is 2.67 bits per heavy atom. The van der Waals surface area contributed by atoms with Crippen LogP contribution in [-0.4, -0.2) is 17.6 Å². The maximum atomic E-state index is 11.3. The number of aliphatic hydroxyl groups is 1. The molecule has 0 aliphatic rings. The van der Waals surface area contributed by atoms with Gasteiger partial charge in [-0.05, 0) is 17.7 Å². The zero-order chi connectivity index (χ0) is 11.3. The Kier molecular flexibility index (Phi) is 4.34. The van der Waals surface area contributed by atoms with Crippen LogP contribution in [0.15, 0.2) is 36.9 Å². The summed E-state index contributed by atoms with van der Waals surface area (Å²) in [6.07, 6.45) is 0.383. The predicted octanol–water partition coefficient (Wildman–Crippen LogP) is 1.68. The number of amides is 1. The van der Waals surface area contributed by atoms with Crippen molar-refractivity contribution in [1.82, 2.24) is 5.32 Å². The number of rotatable bonds is 4. The topological polar surface area (TPSA) is 49.3 Å². The Morgan fingerprint density at radius 2 is 2.13 bits per heavy atom. The quantitative estimate of drug-likeness (QED) is 0.766. The third kappa shape index (κ3) is 3.38. The Balaban J connectivity index is 2.67. The van der Waals surface area contributed by atoms with Crippen molar-refractivity contribution in [2.24, 2.45) is 0 Å². The molecule has 0 aliphatic heterocycles. The molecule has 0 aliphatic carbocycles. The highest BCUT2D eigenvalue weighted by Gasteiger charge is 2.15. The molecule has 1 atom stereocenters. The second-order valence-electron chi connectivity index (χ2n) is 2.99. The average Bonchev–Trinajstić information content (AvgIpc) is 2.26. The number of carbonyl (C=O) groups excluding carboxylic acids is 1. The van der Waals surface area contributed by atoms with Crippen LogP contribution in [-0.2, 0) is 4.79 Å². The van der Waals surface area contributed by atoms with Gasteiger partial charge in [-0.25, -0.2) is 0 Å². The lowest BCUT2D eigenvalue weighted by Crippen LogP contribution is -2.29. The van der Waals surface area contributed by atoms with E-state index in [0.717, 1.165) is 0 Å². The molecule has 1 unspecified atom stereocenters. The molecule has 0 saturated heterocycles. The summed E-state index contributed by atoms with van der Waals surface area (Å²) < 4.78 is 0. The number of halogens is 1. The molecule has 15 heavy (non-hydrogen) atoms. The highest BCUT2D eigenvalue weighted by atomic mass is 35.5. The molecule has 4 heteroatoms. The maximum Gasteiger partial charge on any atom is 0.253 e. The molecule has 0 aromatic heterocycles. The van der Waals surface area contributed by atoms with Crippen LogP contribution in [0.1, 0.15) is 11.7 Å². The van der Waals surface area contributed by atoms with E-state index in [4.69, 9.17) is 11.6 Å². The van der Waals surface area contributed by atoms with Crippen LogP contribution in [0.3, 0.4) is 0 Å². The van der Waals surface area contributed by atoms with Crippen molar-refractivity contribution in [3.8, 4) is 0 Å². The molecule has 0 heterocycles. The summed E-state index contributed by atoms with van der Waals surface area (Å²) in [5.74, 6) is -0.447. The normalized spacial score (nSPS) is 11.9. The molecule has 2 N–H and O–H groups in total. The minimum Gasteiger partial charge on any atom is -0.378 e. The van der Waals surface area contributed by atoms with Crippen LogP contribution in [0.4, 0.5) is 0 Å². The molecule has 3 nitrogen and oxygen atoms in total. The molecule has 1 amide bonds. The van der Waals surface area contributed by atoms with Crippen LogP contribution in [0.2, 0.25) is 5.02 Å². The lowest BCUT2D eigenvalue weighted by molar-refractivity contribution is -0.129. The van der Waals surface area contributed by atoms with Gasteiger partial charge < -0.3 is 10.4 Å². The molecule has 1 rings (SSSR count). The first kappa shape index (κ1) is 11.8. The zero-order valence-corrected chi connectivity index (χ0v) is 8.87. The van der Waals surface area contributed by atoms with E-state index < -0.39 is 12.0 Å². The fraction of sp³-hybridized carbons (Fsp3) is 0.182. The summed E-state index contributed by atoms with van der Waals surface area (Å²) in [6, 6.07) is 6.47. The van der Waals surface area contributed by atoms with E-state index in [-0.39, 0.29) is 0 Å². The maximum absolute atomic E-state index is 11.3. The van der Waals surface area contributed by atoms with Gasteiger partial charge in [0, 0.05) is 11.6 Å². The number of aliphatic hydroxyl groups excluding tert-OH is 1. The Labute approximate surface area is 93.4 Å². The van der Waals surface area contributed by atoms with Crippen molar-refractivity contribution in [1.29, 1.82) is 0 Å². The van der Waals surface area contributed by atoms with Crippen LogP contribution in [0.25, 0.3) is 0 Å². The Bertz CT molecular complexity index is 348. The highest BCUT2D eigenvalue weighted by Crippen LogP contribution is 2.16. The molecule has 0 fully saturated rings. The highest BCUT2D eigenvalue weighted by molar-refractivity contribution is 6.30. The van der Waals surface area contributed by atoms with E-state index in [2.05, 4.69) is 11.9 Å². The van der Waals surface area contributed by atoms with Crippen molar-refractivity contribution in [3.05, 3.63) is 47.5 Å². The SMILES string of the molecule is C=CCNC(=O)C(O)c1ccc(Cl)cc1. The van der Waals surface area contributed by atoms with Gasteiger partial charge in [-0.3, -0.25) is 4.79 Å². The first-order valence-electron chi connectivity index (χ1n) is 4.47. The van der Waals surface area contributed by atoms with Crippen molar-refractivity contribution >= 4 is 17.5 Å². The van der Waals surface area contributed by atoms with E-state index >= 15 is 0 Å². The van der Waals surface area contributed by atoms with E-state index in [1.165, 1.54) is 0 Å². The predicted molar refractivity (Wildman–Crippen MR) is 59.6 cm³/mol. The van der Waals surface area contributed by atoms with Gasteiger partial charge in [-0.1, -0.05) is 29.8 Å². The number of hydrogen-bond acceptors (Lipinski definition) is 2. The lowest BCUT2D eigenvalue weighted by Gasteiger charge is -2.10. The third-order valence-electron chi connectivity index (χ3n) is 1.85. The van der Waals surface area contributed by atoms with Crippen molar-refractivity contribution in [3.63, 3.8) is 0 Å². The summed E-state index contributed by atoms with van der Waals surface area (Å²) in [6.45, 7) is 3.80. The summed E-state index contributed by atoms with van der Waals surface area (Å²) >= 11 is 5.68. The van der Waals surface area contributed by atoms with Gasteiger partial charge in [0.05, 0.1) is 0 Å². The minimum atomic E-state index is -1.16. The standard InChI is InChI=1S/C11H12ClNO2/c1-2-7-13-11(15)10(14)8-3-5-9(12)6-4-8/h2-6,10,14H,1,7H2,(H,13,15). The molecular weight excluding hydrogens is 214 g/mol. The van der Waals surface area contributed by atoms with Gasteiger partial charge in [-0.2, -0.15) is 0 Å². The van der Waals surface area contributed by atoms with Crippen LogP contribution in [0.5, 0.6) is 0 Å². The largest absolute Gasteiger partial charge is 0.378 e. The van der Waals surface area contributed by atoms with Gasteiger partial charge in [0.25, 0.3) is 5.91 Å². The second kappa shape index (κ2) is 5.53. The molecule has 80 valence electrons. The zero-order valence-electron chi connectivity index (χ0n) is 8.11. The molecule has 0 bridgehead atoms. The molecule has 0 spiro atoms. The summed E-state index contributed by atoms with van der Waals surface area (Å²) in [4.78, 5) is 11.3. The molecular formula is C11H12ClNO2. The van der Waals surface area contributed by atoms with Gasteiger partial charge in [0.2, 0.25) is 0 Å². The Morgan fingerprint density at radius 1 is 1.53 bits per heavy atom. The molecule has 1 aromatic rings. The monoisotopic (exact) mass is 225 g/mol. The molecule has 0 radical (unpaired) electrons. The molecule has 0 saturated carbocycles. The number of hydrogen-bond donors (Lipinski definition) is 2. The van der Waals surface area contributed by atoms with Crippen LogP contribution >= 0.6 is 11.6 Å². The fourth-order valence-electron chi connectivity index (χ4n) is 1.07. The van der Waals surface area contributed by atoms with Crippen LogP contribution < -0.4 is 5.32 Å². The number of carbonyl (C=O) groups is 1. The van der Waals surface area contributed by atoms with E-state index in [9.17, 15) is 9.90 Å². The number of nitrogens with one attached hydrogen (secondary N) is 1. The summed E-state index contributed by atoms with van der Waals surface area (Å²) in [5.41, 5.74) is 0.515. The van der Waals surface area contributed by atoms with Gasteiger partial charge in [0.1, 0.15) is 0 Å². The first-order valence-corrected chi connectivity index (χ1v) is 4.85. The van der Waals surface area contributed by atoms with E-state index in [1.54, 1.807) is 30.3 Å². The van der Waals surface area contributed by atoms with Gasteiger partial charge in [0.15, 0.2) is 6.10 Å². The molecule has 1 aromatic carbocycles. The van der Waals surface area contributed by atoms with Gasteiger partial charge >= 0.3 is 0 Å². The van der Waals surface area contributed by atoms with Crippen molar-refractivity contribution in [2.75, 3.05) is 6.54 Å². The average molecular weight is 226 g/mol. The fourth-order valence-corrected chi connectivity index (χ4v) is 1.19. The Hall–Kier alpha value is -1.32. The summed E-state index contributed by atoms with van der Waals surface area (Å²) in [7, 11) is 0. The van der Waals surface area contributed by atoms with E-state index in [0.29, 0.717) is 17.1 Å². The second-order valence-corrected chi connectivity index (χ2v) is 3.42.